The number of rotatable bonds is 3. The number of nitrogens with one attached hydrogen (secondary N) is 1. The van der Waals surface area contributed by atoms with E-state index in [2.05, 4.69) is 48.8 Å². The molecule has 0 radical (unpaired) electrons. The molecule has 0 unspecified atom stereocenters. The molecule has 0 atom stereocenters. The van der Waals surface area contributed by atoms with Gasteiger partial charge in [-0.25, -0.2) is 4.98 Å². The van der Waals surface area contributed by atoms with Gasteiger partial charge in [-0.2, -0.15) is 0 Å². The van der Waals surface area contributed by atoms with Crippen LogP contribution in [0.25, 0.3) is 11.3 Å². The first-order chi connectivity index (χ1) is 8.74. The van der Waals surface area contributed by atoms with Gasteiger partial charge in [-0.05, 0) is 11.5 Å². The highest BCUT2D eigenvalue weighted by atomic mass is 32.1. The molecule has 18 heavy (non-hydrogen) atoms. The Morgan fingerprint density at radius 2 is 1.94 bits per heavy atom. The van der Waals surface area contributed by atoms with Crippen molar-refractivity contribution in [1.29, 1.82) is 0 Å². The summed E-state index contributed by atoms with van der Waals surface area (Å²) in [7, 11) is 0. The Hall–Kier alpha value is -1.19. The number of thiazole rings is 1. The van der Waals surface area contributed by atoms with Gasteiger partial charge >= 0.3 is 0 Å². The van der Waals surface area contributed by atoms with Crippen molar-refractivity contribution in [1.82, 2.24) is 10.3 Å². The van der Waals surface area contributed by atoms with E-state index in [1.807, 2.05) is 0 Å². The van der Waals surface area contributed by atoms with Crippen molar-refractivity contribution in [2.75, 3.05) is 13.1 Å². The van der Waals surface area contributed by atoms with Crippen LogP contribution in [0.5, 0.6) is 0 Å². The van der Waals surface area contributed by atoms with Gasteiger partial charge in [0.05, 0.1) is 10.7 Å². The number of benzene rings is 1. The quantitative estimate of drug-likeness (QED) is 0.909. The van der Waals surface area contributed by atoms with Gasteiger partial charge in [0.1, 0.15) is 0 Å². The molecule has 0 saturated carbocycles. The van der Waals surface area contributed by atoms with Crippen LogP contribution in [0.1, 0.15) is 36.3 Å². The van der Waals surface area contributed by atoms with Crippen molar-refractivity contribution in [3.63, 3.8) is 0 Å². The molecule has 1 aliphatic rings. The molecule has 1 aliphatic heterocycles. The van der Waals surface area contributed by atoms with Crippen LogP contribution in [-0.4, -0.2) is 18.1 Å². The second kappa shape index (κ2) is 4.82. The molecule has 2 aromatic rings. The minimum Gasteiger partial charge on any atom is -0.315 e. The average molecular weight is 258 g/mol. The smallest absolute Gasteiger partial charge is 0.0989 e. The lowest BCUT2D eigenvalue weighted by atomic mass is 10.0. The van der Waals surface area contributed by atoms with Crippen LogP contribution < -0.4 is 5.32 Å². The SMILES string of the molecule is CC(C)c1ccc(-c2csc(C3CNC3)n2)cc1. The van der Waals surface area contributed by atoms with Gasteiger partial charge in [-0.15, -0.1) is 11.3 Å². The Kier molecular flexibility index (Phi) is 3.18. The van der Waals surface area contributed by atoms with E-state index in [9.17, 15) is 0 Å². The zero-order valence-electron chi connectivity index (χ0n) is 10.8. The molecule has 1 aromatic heterocycles. The maximum atomic E-state index is 4.76. The summed E-state index contributed by atoms with van der Waals surface area (Å²) in [5.41, 5.74) is 3.74. The second-order valence-corrected chi connectivity index (χ2v) is 6.09. The van der Waals surface area contributed by atoms with E-state index in [0.717, 1.165) is 18.8 Å². The monoisotopic (exact) mass is 258 g/mol. The summed E-state index contributed by atoms with van der Waals surface area (Å²) in [4.78, 5) is 4.76. The molecule has 0 spiro atoms. The molecule has 1 fully saturated rings. The third-order valence-corrected chi connectivity index (χ3v) is 4.53. The fourth-order valence-electron chi connectivity index (χ4n) is 2.11. The van der Waals surface area contributed by atoms with Crippen LogP contribution in [0, 0.1) is 0 Å². The van der Waals surface area contributed by atoms with E-state index in [4.69, 9.17) is 4.98 Å². The first-order valence-corrected chi connectivity index (χ1v) is 7.38. The van der Waals surface area contributed by atoms with Gasteiger partial charge in [0.25, 0.3) is 0 Å². The summed E-state index contributed by atoms with van der Waals surface area (Å²) in [6.07, 6.45) is 0. The second-order valence-electron chi connectivity index (χ2n) is 5.20. The van der Waals surface area contributed by atoms with E-state index >= 15 is 0 Å². The Morgan fingerprint density at radius 1 is 1.22 bits per heavy atom. The molecule has 1 saturated heterocycles. The highest BCUT2D eigenvalue weighted by Crippen LogP contribution is 2.29. The third kappa shape index (κ3) is 2.20. The van der Waals surface area contributed by atoms with Crippen LogP contribution >= 0.6 is 11.3 Å². The predicted molar refractivity (Wildman–Crippen MR) is 77.2 cm³/mol. The van der Waals surface area contributed by atoms with Crippen molar-refractivity contribution in [2.24, 2.45) is 0 Å². The van der Waals surface area contributed by atoms with Gasteiger partial charge in [-0.3, -0.25) is 0 Å². The Bertz CT molecular complexity index is 524. The summed E-state index contributed by atoms with van der Waals surface area (Å²) in [6.45, 7) is 6.61. The molecule has 0 amide bonds. The van der Waals surface area contributed by atoms with Crippen molar-refractivity contribution in [3.8, 4) is 11.3 Å². The summed E-state index contributed by atoms with van der Waals surface area (Å²) >= 11 is 1.79. The van der Waals surface area contributed by atoms with Crippen LogP contribution in [0.2, 0.25) is 0 Å². The van der Waals surface area contributed by atoms with Crippen molar-refractivity contribution in [2.45, 2.75) is 25.7 Å². The van der Waals surface area contributed by atoms with E-state index in [0.29, 0.717) is 11.8 Å². The van der Waals surface area contributed by atoms with Crippen molar-refractivity contribution < 1.29 is 0 Å². The molecule has 1 N–H and O–H groups in total. The number of nitrogens with zero attached hydrogens (tertiary/aromatic N) is 1. The first-order valence-electron chi connectivity index (χ1n) is 6.50. The molecule has 2 heterocycles. The number of hydrogen-bond acceptors (Lipinski definition) is 3. The normalized spacial score (nSPS) is 15.9. The van der Waals surface area contributed by atoms with E-state index in [-0.39, 0.29) is 0 Å². The van der Waals surface area contributed by atoms with Crippen LogP contribution in [0.4, 0.5) is 0 Å². The molecule has 0 bridgehead atoms. The van der Waals surface area contributed by atoms with Crippen LogP contribution in [0.3, 0.4) is 0 Å². The maximum Gasteiger partial charge on any atom is 0.0989 e. The standard InChI is InChI=1S/C15H18N2S/c1-10(2)11-3-5-12(6-4-11)14-9-18-15(17-14)13-7-16-8-13/h3-6,9-10,13,16H,7-8H2,1-2H3. The Balaban J connectivity index is 1.83. The average Bonchev–Trinajstić information content (AvgIpc) is 2.76. The van der Waals surface area contributed by atoms with Crippen molar-refractivity contribution in [3.05, 3.63) is 40.2 Å². The fraction of sp³-hybridized carbons (Fsp3) is 0.400. The molecule has 3 heteroatoms. The zero-order valence-corrected chi connectivity index (χ0v) is 11.6. The lowest BCUT2D eigenvalue weighted by Crippen LogP contribution is -2.39. The zero-order chi connectivity index (χ0) is 12.5. The fourth-order valence-corrected chi connectivity index (χ4v) is 3.04. The summed E-state index contributed by atoms with van der Waals surface area (Å²) in [5, 5.41) is 6.75. The lowest BCUT2D eigenvalue weighted by Gasteiger charge is -2.24. The third-order valence-electron chi connectivity index (χ3n) is 3.53. The number of hydrogen-bond donors (Lipinski definition) is 1. The molecule has 1 aromatic carbocycles. The molecular weight excluding hydrogens is 240 g/mol. The molecule has 3 rings (SSSR count). The minimum atomic E-state index is 0.589. The highest BCUT2D eigenvalue weighted by molar-refractivity contribution is 7.10. The highest BCUT2D eigenvalue weighted by Gasteiger charge is 2.22. The summed E-state index contributed by atoms with van der Waals surface area (Å²) in [5.74, 6) is 1.23. The molecule has 94 valence electrons. The Labute approximate surface area is 112 Å². The van der Waals surface area contributed by atoms with Crippen LogP contribution in [0.15, 0.2) is 29.6 Å². The minimum absolute atomic E-state index is 0.589. The van der Waals surface area contributed by atoms with Crippen LogP contribution in [-0.2, 0) is 0 Å². The van der Waals surface area contributed by atoms with Gasteiger partial charge in [-0.1, -0.05) is 38.1 Å². The summed E-state index contributed by atoms with van der Waals surface area (Å²) in [6, 6.07) is 8.80. The molecule has 0 aliphatic carbocycles. The predicted octanol–water partition coefficient (Wildman–Crippen LogP) is 3.62. The van der Waals surface area contributed by atoms with Crippen molar-refractivity contribution >= 4 is 11.3 Å². The van der Waals surface area contributed by atoms with E-state index in [1.165, 1.54) is 16.1 Å². The molecular formula is C15H18N2S. The van der Waals surface area contributed by atoms with E-state index < -0.39 is 0 Å². The Morgan fingerprint density at radius 3 is 2.50 bits per heavy atom. The first kappa shape index (κ1) is 11.9. The maximum absolute atomic E-state index is 4.76. The lowest BCUT2D eigenvalue weighted by molar-refractivity contribution is 0.447. The largest absolute Gasteiger partial charge is 0.315 e. The van der Waals surface area contributed by atoms with Gasteiger partial charge < -0.3 is 5.32 Å². The van der Waals surface area contributed by atoms with Gasteiger partial charge in [0.2, 0.25) is 0 Å². The number of aromatic nitrogens is 1. The summed E-state index contributed by atoms with van der Waals surface area (Å²) < 4.78 is 0. The van der Waals surface area contributed by atoms with Gasteiger partial charge in [0.15, 0.2) is 0 Å². The topological polar surface area (TPSA) is 24.9 Å². The van der Waals surface area contributed by atoms with Gasteiger partial charge in [0, 0.05) is 30.0 Å². The molecule has 2 nitrogen and oxygen atoms in total. The van der Waals surface area contributed by atoms with E-state index in [1.54, 1.807) is 11.3 Å².